The van der Waals surface area contributed by atoms with E-state index in [0.717, 1.165) is 11.3 Å². The molecule has 4 nitrogen and oxygen atoms in total. The highest BCUT2D eigenvalue weighted by Gasteiger charge is 2.34. The molecule has 1 unspecified atom stereocenters. The van der Waals surface area contributed by atoms with Crippen molar-refractivity contribution in [2.24, 2.45) is 0 Å². The van der Waals surface area contributed by atoms with Crippen LogP contribution in [0.1, 0.15) is 19.4 Å². The number of methoxy groups -OCH3 is 1. The zero-order valence-corrected chi connectivity index (χ0v) is 12.4. The molecular formula is C16H23NO3. The second-order valence-corrected chi connectivity index (χ2v) is 4.75. The van der Waals surface area contributed by atoms with E-state index in [0.29, 0.717) is 19.6 Å². The standard InChI is InChI=1S/C16H23NO3/c1-5-11-17-16(3,15(18)20-6-2)12-13-7-9-14(19-4)10-8-13/h5,7-10,17H,1,6,11-12H2,2-4H3. The van der Waals surface area contributed by atoms with Gasteiger partial charge in [-0.2, -0.15) is 0 Å². The third-order valence-electron chi connectivity index (χ3n) is 3.08. The van der Waals surface area contributed by atoms with E-state index in [1.807, 2.05) is 31.2 Å². The molecule has 0 heterocycles. The summed E-state index contributed by atoms with van der Waals surface area (Å²) in [5.74, 6) is 0.545. The Bertz CT molecular complexity index is 442. The van der Waals surface area contributed by atoms with E-state index in [4.69, 9.17) is 9.47 Å². The number of hydrogen-bond donors (Lipinski definition) is 1. The van der Waals surface area contributed by atoms with Crippen LogP contribution in [0.2, 0.25) is 0 Å². The van der Waals surface area contributed by atoms with Crippen LogP contribution in [0.25, 0.3) is 0 Å². The molecule has 1 rings (SSSR count). The summed E-state index contributed by atoms with van der Waals surface area (Å²) in [6.07, 6.45) is 2.27. The predicted molar refractivity (Wildman–Crippen MR) is 79.9 cm³/mol. The lowest BCUT2D eigenvalue weighted by Crippen LogP contribution is -2.52. The summed E-state index contributed by atoms with van der Waals surface area (Å²) in [4.78, 5) is 12.2. The lowest BCUT2D eigenvalue weighted by atomic mass is 9.92. The molecule has 1 aromatic rings. The summed E-state index contributed by atoms with van der Waals surface area (Å²) in [6.45, 7) is 8.23. The molecule has 0 aliphatic carbocycles. The van der Waals surface area contributed by atoms with E-state index in [1.54, 1.807) is 20.1 Å². The van der Waals surface area contributed by atoms with E-state index < -0.39 is 5.54 Å². The molecule has 1 atom stereocenters. The van der Waals surface area contributed by atoms with E-state index in [2.05, 4.69) is 11.9 Å². The smallest absolute Gasteiger partial charge is 0.326 e. The summed E-state index contributed by atoms with van der Waals surface area (Å²) < 4.78 is 10.3. The minimum atomic E-state index is -0.765. The Kier molecular flexibility index (Phi) is 6.25. The summed E-state index contributed by atoms with van der Waals surface area (Å²) in [7, 11) is 1.63. The fraction of sp³-hybridized carbons (Fsp3) is 0.438. The number of hydrogen-bond acceptors (Lipinski definition) is 4. The number of ether oxygens (including phenoxy) is 2. The highest BCUT2D eigenvalue weighted by Crippen LogP contribution is 2.18. The summed E-state index contributed by atoms with van der Waals surface area (Å²) in [6, 6.07) is 7.67. The van der Waals surface area contributed by atoms with Crippen LogP contribution < -0.4 is 10.1 Å². The largest absolute Gasteiger partial charge is 0.497 e. The Morgan fingerprint density at radius 2 is 2.05 bits per heavy atom. The summed E-state index contributed by atoms with van der Waals surface area (Å²) in [5.41, 5.74) is 0.275. The molecule has 0 aliphatic heterocycles. The van der Waals surface area contributed by atoms with Crippen LogP contribution in [-0.2, 0) is 16.0 Å². The van der Waals surface area contributed by atoms with Gasteiger partial charge in [0.1, 0.15) is 11.3 Å². The SMILES string of the molecule is C=CCNC(C)(Cc1ccc(OC)cc1)C(=O)OCC. The van der Waals surface area contributed by atoms with E-state index in [-0.39, 0.29) is 5.97 Å². The van der Waals surface area contributed by atoms with Crippen LogP contribution >= 0.6 is 0 Å². The molecule has 0 saturated heterocycles. The molecule has 4 heteroatoms. The van der Waals surface area contributed by atoms with Crippen LogP contribution in [0.4, 0.5) is 0 Å². The minimum Gasteiger partial charge on any atom is -0.497 e. The monoisotopic (exact) mass is 277 g/mol. The van der Waals surface area contributed by atoms with Crippen molar-refractivity contribution in [3.05, 3.63) is 42.5 Å². The molecule has 0 saturated carbocycles. The highest BCUT2D eigenvalue weighted by molar-refractivity contribution is 5.80. The Balaban J connectivity index is 2.86. The number of carbonyl (C=O) groups excluding carboxylic acids is 1. The lowest BCUT2D eigenvalue weighted by molar-refractivity contribution is -0.150. The van der Waals surface area contributed by atoms with Crippen molar-refractivity contribution >= 4 is 5.97 Å². The first kappa shape index (κ1) is 16.2. The molecule has 20 heavy (non-hydrogen) atoms. The first-order chi connectivity index (χ1) is 9.55. The molecule has 1 aromatic carbocycles. The molecule has 0 aliphatic rings. The second-order valence-electron chi connectivity index (χ2n) is 4.75. The van der Waals surface area contributed by atoms with Gasteiger partial charge >= 0.3 is 5.97 Å². The predicted octanol–water partition coefficient (Wildman–Crippen LogP) is 2.34. The molecule has 1 N–H and O–H groups in total. The molecule has 0 fully saturated rings. The van der Waals surface area contributed by atoms with Gasteiger partial charge in [-0.15, -0.1) is 6.58 Å². The Morgan fingerprint density at radius 3 is 2.55 bits per heavy atom. The van der Waals surface area contributed by atoms with Crippen LogP contribution in [0.3, 0.4) is 0 Å². The number of rotatable bonds is 8. The maximum Gasteiger partial charge on any atom is 0.326 e. The molecule has 0 radical (unpaired) electrons. The van der Waals surface area contributed by atoms with Crippen LogP contribution in [0, 0.1) is 0 Å². The van der Waals surface area contributed by atoms with Crippen LogP contribution in [0.5, 0.6) is 5.75 Å². The zero-order valence-electron chi connectivity index (χ0n) is 12.4. The molecule has 0 amide bonds. The minimum absolute atomic E-state index is 0.252. The van der Waals surface area contributed by atoms with E-state index in [1.165, 1.54) is 0 Å². The Labute approximate surface area is 120 Å². The van der Waals surface area contributed by atoms with Gasteiger partial charge < -0.3 is 9.47 Å². The van der Waals surface area contributed by atoms with Gasteiger partial charge in [0.25, 0.3) is 0 Å². The number of carbonyl (C=O) groups is 1. The van der Waals surface area contributed by atoms with Crippen molar-refractivity contribution in [2.75, 3.05) is 20.3 Å². The van der Waals surface area contributed by atoms with Gasteiger partial charge in [0.2, 0.25) is 0 Å². The first-order valence-electron chi connectivity index (χ1n) is 6.71. The third kappa shape index (κ3) is 4.38. The van der Waals surface area contributed by atoms with Crippen molar-refractivity contribution in [3.8, 4) is 5.75 Å². The van der Waals surface area contributed by atoms with E-state index in [9.17, 15) is 4.79 Å². The highest BCUT2D eigenvalue weighted by atomic mass is 16.5. The molecule has 0 bridgehead atoms. The fourth-order valence-electron chi connectivity index (χ4n) is 1.95. The normalized spacial score (nSPS) is 13.3. The lowest BCUT2D eigenvalue weighted by Gasteiger charge is -2.28. The average Bonchev–Trinajstić information content (AvgIpc) is 2.46. The van der Waals surface area contributed by atoms with E-state index >= 15 is 0 Å². The van der Waals surface area contributed by atoms with Crippen molar-refractivity contribution in [2.45, 2.75) is 25.8 Å². The maximum absolute atomic E-state index is 12.2. The fourth-order valence-corrected chi connectivity index (χ4v) is 1.95. The van der Waals surface area contributed by atoms with Gasteiger partial charge in [0.15, 0.2) is 0 Å². The van der Waals surface area contributed by atoms with Gasteiger partial charge in [-0.3, -0.25) is 10.1 Å². The Morgan fingerprint density at radius 1 is 1.40 bits per heavy atom. The van der Waals surface area contributed by atoms with Gasteiger partial charge in [0, 0.05) is 13.0 Å². The Hall–Kier alpha value is -1.81. The van der Waals surface area contributed by atoms with Gasteiger partial charge in [0.05, 0.1) is 13.7 Å². The van der Waals surface area contributed by atoms with Crippen molar-refractivity contribution in [1.29, 1.82) is 0 Å². The van der Waals surface area contributed by atoms with Crippen molar-refractivity contribution in [3.63, 3.8) is 0 Å². The third-order valence-corrected chi connectivity index (χ3v) is 3.08. The van der Waals surface area contributed by atoms with Crippen LogP contribution in [0.15, 0.2) is 36.9 Å². The molecule has 0 aromatic heterocycles. The number of nitrogens with one attached hydrogen (secondary N) is 1. The molecule has 0 spiro atoms. The first-order valence-corrected chi connectivity index (χ1v) is 6.71. The topological polar surface area (TPSA) is 47.6 Å². The second kappa shape index (κ2) is 7.70. The molecular weight excluding hydrogens is 254 g/mol. The molecule has 110 valence electrons. The summed E-state index contributed by atoms with van der Waals surface area (Å²) >= 11 is 0. The van der Waals surface area contributed by atoms with Crippen LogP contribution in [-0.4, -0.2) is 31.8 Å². The van der Waals surface area contributed by atoms with Gasteiger partial charge in [-0.05, 0) is 31.5 Å². The van der Waals surface area contributed by atoms with Gasteiger partial charge in [-0.25, -0.2) is 0 Å². The quantitative estimate of drug-likeness (QED) is 0.585. The summed E-state index contributed by atoms with van der Waals surface area (Å²) in [5, 5.41) is 3.18. The average molecular weight is 277 g/mol. The zero-order chi connectivity index (χ0) is 15.0. The van der Waals surface area contributed by atoms with Crippen molar-refractivity contribution < 1.29 is 14.3 Å². The number of esters is 1. The van der Waals surface area contributed by atoms with Gasteiger partial charge in [-0.1, -0.05) is 18.2 Å². The number of benzene rings is 1. The maximum atomic E-state index is 12.2. The van der Waals surface area contributed by atoms with Crippen molar-refractivity contribution in [1.82, 2.24) is 5.32 Å².